The molecule has 7 nitrogen and oxygen atoms in total. The van der Waals surface area contributed by atoms with E-state index in [0.29, 0.717) is 6.42 Å². The van der Waals surface area contributed by atoms with Gasteiger partial charge in [-0.05, 0) is 40.0 Å². The molecule has 264 valence electrons. The van der Waals surface area contributed by atoms with Crippen LogP contribution in [-0.4, -0.2) is 85.9 Å². The van der Waals surface area contributed by atoms with Crippen molar-refractivity contribution in [2.24, 2.45) is 5.92 Å². The zero-order chi connectivity index (χ0) is 35.5. The molecule has 0 aromatic heterocycles. The van der Waals surface area contributed by atoms with Gasteiger partial charge in [-0.1, -0.05) is 133 Å². The fraction of sp³-hybridized carbons (Fsp3) is 0.579. The summed E-state index contributed by atoms with van der Waals surface area (Å²) in [6, 6.07) is 20.5. The molecule has 0 amide bonds. The zero-order valence-electron chi connectivity index (χ0n) is 30.2. The van der Waals surface area contributed by atoms with E-state index < -0.39 is 40.5 Å². The highest BCUT2D eigenvalue weighted by molar-refractivity contribution is 6.99. The first-order valence-corrected chi connectivity index (χ1v) is 21.8. The Bertz CT molecular complexity index is 1200. The van der Waals surface area contributed by atoms with Crippen LogP contribution < -0.4 is 10.4 Å². The predicted molar refractivity (Wildman–Crippen MR) is 198 cm³/mol. The molecule has 0 spiro atoms. The topological polar surface area (TPSA) is 120 Å². The third-order valence-corrected chi connectivity index (χ3v) is 19.3. The van der Waals surface area contributed by atoms with E-state index in [2.05, 4.69) is 78.9 Å². The molecule has 0 aliphatic heterocycles. The number of hydrogen-bond donors (Lipinski definition) is 5. The van der Waals surface area contributed by atoms with Gasteiger partial charge in [-0.15, -0.1) is 0 Å². The van der Waals surface area contributed by atoms with Gasteiger partial charge in [0.25, 0.3) is 8.32 Å². The fourth-order valence-corrected chi connectivity index (χ4v) is 11.8. The van der Waals surface area contributed by atoms with Gasteiger partial charge in [0.1, 0.15) is 5.60 Å². The van der Waals surface area contributed by atoms with Gasteiger partial charge in [-0.2, -0.15) is 0 Å². The van der Waals surface area contributed by atoms with Gasteiger partial charge < -0.3 is 34.4 Å². The van der Waals surface area contributed by atoms with E-state index in [1.54, 1.807) is 12.2 Å². The summed E-state index contributed by atoms with van der Waals surface area (Å²) in [6.07, 6.45) is 4.07. The lowest BCUT2D eigenvalue weighted by atomic mass is 9.87. The van der Waals surface area contributed by atoms with Crippen LogP contribution in [-0.2, 0) is 8.85 Å². The summed E-state index contributed by atoms with van der Waals surface area (Å²) in [6.45, 7) is 18.7. The molecule has 9 heteroatoms. The van der Waals surface area contributed by atoms with Gasteiger partial charge in [0.2, 0.25) is 0 Å². The Kier molecular flexibility index (Phi) is 15.5. The van der Waals surface area contributed by atoms with Gasteiger partial charge in [-0.25, -0.2) is 0 Å². The first-order valence-electron chi connectivity index (χ1n) is 17.0. The zero-order valence-corrected chi connectivity index (χ0v) is 32.2. The molecule has 0 radical (unpaired) electrons. The van der Waals surface area contributed by atoms with Crippen molar-refractivity contribution in [3.8, 4) is 0 Å². The average molecular weight is 687 g/mol. The van der Waals surface area contributed by atoms with Crippen molar-refractivity contribution in [3.05, 3.63) is 85.0 Å². The standard InChI is InChI=1S/C38H62O7Si2/c1-10-30(18-17-26-39)34(41)23-24-38(43,35(42)28-31(29-40)45-46(8,9)36(2,3)4)25-27-44-47(37(5,6)7,32-19-13-11-14-20-32)33-21-15-12-16-22-33/h11-24,30-31,34-35,39-43H,10,25-29H2,1-9H3/b18-17-,24-23?/t30-,31-,34-,35+,38-/m0/s1. The molecule has 0 aliphatic carbocycles. The van der Waals surface area contributed by atoms with Gasteiger partial charge in [0, 0.05) is 25.4 Å². The van der Waals surface area contributed by atoms with Gasteiger partial charge in [-0.3, -0.25) is 0 Å². The molecule has 2 rings (SSSR count). The molecule has 0 saturated carbocycles. The first kappa shape index (κ1) is 41.2. The molecule has 0 saturated heterocycles. The largest absolute Gasteiger partial charge is 0.412 e. The Morgan fingerprint density at radius 2 is 1.34 bits per heavy atom. The maximum Gasteiger partial charge on any atom is 0.261 e. The van der Waals surface area contributed by atoms with Gasteiger partial charge in [0.05, 0.1) is 31.5 Å². The highest BCUT2D eigenvalue weighted by Gasteiger charge is 2.50. The molecule has 0 unspecified atom stereocenters. The van der Waals surface area contributed by atoms with Crippen LogP contribution >= 0.6 is 0 Å². The Morgan fingerprint density at radius 1 is 0.809 bits per heavy atom. The minimum atomic E-state index is -2.92. The van der Waals surface area contributed by atoms with E-state index >= 15 is 0 Å². The summed E-state index contributed by atoms with van der Waals surface area (Å²) in [7, 11) is -5.21. The van der Waals surface area contributed by atoms with Crippen LogP contribution in [0.2, 0.25) is 23.2 Å². The smallest absolute Gasteiger partial charge is 0.261 e. The molecule has 47 heavy (non-hydrogen) atoms. The third kappa shape index (κ3) is 10.8. The minimum Gasteiger partial charge on any atom is -0.412 e. The van der Waals surface area contributed by atoms with E-state index in [4.69, 9.17) is 8.85 Å². The van der Waals surface area contributed by atoms with E-state index in [0.717, 1.165) is 10.4 Å². The normalized spacial score (nSPS) is 17.5. The predicted octanol–water partition coefficient (Wildman–Crippen LogP) is 5.31. The van der Waals surface area contributed by atoms with Gasteiger partial charge >= 0.3 is 0 Å². The molecule has 5 N–H and O–H groups in total. The summed E-state index contributed by atoms with van der Waals surface area (Å²) in [5.74, 6) is -0.278. The maximum atomic E-state index is 12.2. The fourth-order valence-electron chi connectivity index (χ4n) is 5.83. The number of hydrogen-bond acceptors (Lipinski definition) is 7. The second-order valence-electron chi connectivity index (χ2n) is 15.2. The SMILES string of the molecule is CC[C@@H](/C=C\CO)[C@@H](O)C=C[C@](O)(CCO[Si](c1ccccc1)(c1ccccc1)C(C)(C)C)[C@H](O)C[C@@H](CO)O[Si](C)(C)C(C)(C)C. The van der Waals surface area contributed by atoms with Crippen LogP contribution in [0.3, 0.4) is 0 Å². The van der Waals surface area contributed by atoms with Crippen molar-refractivity contribution < 1.29 is 34.4 Å². The quantitative estimate of drug-likeness (QED) is 0.107. The van der Waals surface area contributed by atoms with E-state index in [9.17, 15) is 25.5 Å². The second kappa shape index (κ2) is 17.6. The molecule has 2 aromatic carbocycles. The molecular formula is C38H62O7Si2. The lowest BCUT2D eigenvalue weighted by molar-refractivity contribution is -0.0738. The lowest BCUT2D eigenvalue weighted by Gasteiger charge is -2.44. The summed E-state index contributed by atoms with van der Waals surface area (Å²) in [4.78, 5) is 0. The molecular weight excluding hydrogens is 625 g/mol. The number of benzene rings is 2. The van der Waals surface area contributed by atoms with Crippen LogP contribution in [0.5, 0.6) is 0 Å². The third-order valence-electron chi connectivity index (χ3n) is 9.75. The summed E-state index contributed by atoms with van der Waals surface area (Å²) in [5.41, 5.74) is -1.80. The number of rotatable bonds is 18. The highest BCUT2D eigenvalue weighted by Crippen LogP contribution is 2.39. The van der Waals surface area contributed by atoms with Crippen LogP contribution in [0, 0.1) is 5.92 Å². The Balaban J connectivity index is 2.52. The van der Waals surface area contributed by atoms with Crippen LogP contribution in [0.15, 0.2) is 85.0 Å². The molecule has 2 aromatic rings. The van der Waals surface area contributed by atoms with E-state index in [1.807, 2.05) is 43.3 Å². The second-order valence-corrected chi connectivity index (χ2v) is 24.3. The molecule has 0 bridgehead atoms. The van der Waals surface area contributed by atoms with Crippen molar-refractivity contribution in [1.82, 2.24) is 0 Å². The van der Waals surface area contributed by atoms with Crippen molar-refractivity contribution in [2.75, 3.05) is 19.8 Å². The average Bonchev–Trinajstić information content (AvgIpc) is 3.01. The van der Waals surface area contributed by atoms with Crippen molar-refractivity contribution >= 4 is 27.0 Å². The van der Waals surface area contributed by atoms with Crippen molar-refractivity contribution in [3.63, 3.8) is 0 Å². The van der Waals surface area contributed by atoms with Crippen LogP contribution in [0.4, 0.5) is 0 Å². The molecule has 0 heterocycles. The minimum absolute atomic E-state index is 0.000773. The van der Waals surface area contributed by atoms with Crippen LogP contribution in [0.25, 0.3) is 0 Å². The lowest BCUT2D eigenvalue weighted by Crippen LogP contribution is -2.66. The van der Waals surface area contributed by atoms with Crippen LogP contribution in [0.1, 0.15) is 67.7 Å². The summed E-state index contributed by atoms with van der Waals surface area (Å²) in [5, 5.41) is 56.3. The highest BCUT2D eigenvalue weighted by atomic mass is 28.4. The summed E-state index contributed by atoms with van der Waals surface area (Å²) >= 11 is 0. The van der Waals surface area contributed by atoms with E-state index in [1.165, 1.54) is 12.2 Å². The van der Waals surface area contributed by atoms with Crippen molar-refractivity contribution in [2.45, 2.75) is 115 Å². The van der Waals surface area contributed by atoms with E-state index in [-0.39, 0.29) is 48.7 Å². The number of aliphatic hydroxyl groups is 5. The Morgan fingerprint density at radius 3 is 1.77 bits per heavy atom. The van der Waals surface area contributed by atoms with Gasteiger partial charge in [0.15, 0.2) is 8.32 Å². The molecule has 0 aliphatic rings. The maximum absolute atomic E-state index is 12.2. The first-order chi connectivity index (χ1) is 21.9. The Hall–Kier alpha value is -1.93. The monoisotopic (exact) mass is 686 g/mol. The summed E-state index contributed by atoms with van der Waals surface area (Å²) < 4.78 is 13.5. The van der Waals surface area contributed by atoms with Crippen molar-refractivity contribution in [1.29, 1.82) is 0 Å². The number of aliphatic hydroxyl groups excluding tert-OH is 4. The molecule has 0 fully saturated rings. The Labute approximate surface area is 286 Å². The molecule has 5 atom stereocenters.